The third kappa shape index (κ3) is 3.41. The van der Waals surface area contributed by atoms with Crippen molar-refractivity contribution in [3.05, 3.63) is 29.3 Å². The minimum Gasteiger partial charge on any atom is -0.481 e. The number of carbonyl (C=O) groups is 1. The number of halogens is 2. The zero-order chi connectivity index (χ0) is 13.0. The Morgan fingerprint density at radius 1 is 1.29 bits per heavy atom. The molecule has 0 fully saturated rings. The van der Waals surface area contributed by atoms with Gasteiger partial charge in [0, 0.05) is 26.1 Å². The molecule has 1 aromatic rings. The lowest BCUT2D eigenvalue weighted by molar-refractivity contribution is -0.137. The molecule has 0 atom stereocenters. The second-order valence-corrected chi connectivity index (χ2v) is 4.00. The Hall–Kier alpha value is -1.65. The molecule has 0 aliphatic rings. The van der Waals surface area contributed by atoms with Crippen LogP contribution in [0.1, 0.15) is 18.4 Å². The van der Waals surface area contributed by atoms with Crippen molar-refractivity contribution in [1.29, 1.82) is 0 Å². The van der Waals surface area contributed by atoms with E-state index in [0.717, 1.165) is 12.1 Å². The number of carboxylic acids is 1. The first-order valence-electron chi connectivity index (χ1n) is 5.29. The van der Waals surface area contributed by atoms with E-state index in [2.05, 4.69) is 0 Å². The predicted octanol–water partition coefficient (Wildman–Crippen LogP) is 2.44. The Morgan fingerprint density at radius 2 is 1.88 bits per heavy atom. The van der Waals surface area contributed by atoms with Gasteiger partial charge in [-0.05, 0) is 25.0 Å². The van der Waals surface area contributed by atoms with Gasteiger partial charge in [-0.3, -0.25) is 4.79 Å². The van der Waals surface area contributed by atoms with Gasteiger partial charge in [-0.1, -0.05) is 0 Å². The van der Waals surface area contributed by atoms with Gasteiger partial charge in [0.1, 0.15) is 11.6 Å². The van der Waals surface area contributed by atoms with E-state index in [9.17, 15) is 13.6 Å². The Labute approximate surface area is 98.7 Å². The molecule has 0 heterocycles. The van der Waals surface area contributed by atoms with Crippen molar-refractivity contribution >= 4 is 11.7 Å². The Morgan fingerprint density at radius 3 is 2.41 bits per heavy atom. The van der Waals surface area contributed by atoms with Crippen LogP contribution in [0.2, 0.25) is 0 Å². The summed E-state index contributed by atoms with van der Waals surface area (Å²) in [4.78, 5) is 11.9. The molecule has 1 rings (SSSR count). The highest BCUT2D eigenvalue weighted by atomic mass is 19.1. The van der Waals surface area contributed by atoms with Crippen LogP contribution in [0.25, 0.3) is 0 Å². The first-order chi connectivity index (χ1) is 7.93. The summed E-state index contributed by atoms with van der Waals surface area (Å²) in [7, 11) is 3.25. The van der Waals surface area contributed by atoms with Crippen LogP contribution in [0.3, 0.4) is 0 Å². The molecule has 0 saturated heterocycles. The van der Waals surface area contributed by atoms with Crippen LogP contribution in [-0.2, 0) is 11.2 Å². The minimum absolute atomic E-state index is 0.0528. The maximum Gasteiger partial charge on any atom is 0.303 e. The number of nitrogens with zero attached hydrogens (tertiary/aromatic N) is 1. The molecule has 3 nitrogen and oxygen atoms in total. The van der Waals surface area contributed by atoms with E-state index in [0.29, 0.717) is 0 Å². The topological polar surface area (TPSA) is 40.5 Å². The highest BCUT2D eigenvalue weighted by molar-refractivity contribution is 5.66. The fourth-order valence-corrected chi connectivity index (χ4v) is 1.72. The maximum absolute atomic E-state index is 13.6. The predicted molar refractivity (Wildman–Crippen MR) is 61.3 cm³/mol. The summed E-state index contributed by atoms with van der Waals surface area (Å²) in [5.74, 6) is -1.93. The van der Waals surface area contributed by atoms with Gasteiger partial charge in [-0.25, -0.2) is 8.78 Å². The summed E-state index contributed by atoms with van der Waals surface area (Å²) in [6.07, 6.45) is 0.447. The number of hydrogen-bond donors (Lipinski definition) is 1. The molecule has 1 aromatic carbocycles. The highest BCUT2D eigenvalue weighted by Crippen LogP contribution is 2.26. The zero-order valence-electron chi connectivity index (χ0n) is 9.83. The van der Waals surface area contributed by atoms with Crippen molar-refractivity contribution in [2.75, 3.05) is 19.0 Å². The normalized spacial score (nSPS) is 10.4. The van der Waals surface area contributed by atoms with E-state index < -0.39 is 17.6 Å². The summed E-state index contributed by atoms with van der Waals surface area (Å²) < 4.78 is 27.1. The van der Waals surface area contributed by atoms with Crippen LogP contribution in [0.15, 0.2) is 12.1 Å². The number of benzene rings is 1. The third-order valence-electron chi connectivity index (χ3n) is 2.44. The Kier molecular flexibility index (Phi) is 4.43. The second-order valence-electron chi connectivity index (χ2n) is 4.00. The van der Waals surface area contributed by atoms with E-state index in [1.165, 1.54) is 4.90 Å². The Balaban J connectivity index is 2.95. The zero-order valence-corrected chi connectivity index (χ0v) is 9.83. The maximum atomic E-state index is 13.6. The molecule has 17 heavy (non-hydrogen) atoms. The summed E-state index contributed by atoms with van der Waals surface area (Å²) in [6.45, 7) is 0. The van der Waals surface area contributed by atoms with Crippen LogP contribution in [0, 0.1) is 11.6 Å². The fraction of sp³-hybridized carbons (Fsp3) is 0.417. The van der Waals surface area contributed by atoms with Gasteiger partial charge in [0.2, 0.25) is 0 Å². The molecular weight excluding hydrogens is 228 g/mol. The lowest BCUT2D eigenvalue weighted by atomic mass is 10.0. The number of rotatable bonds is 5. The SMILES string of the molecule is CN(C)c1c(F)ccc(F)c1CCCC(=O)O. The van der Waals surface area contributed by atoms with Crippen LogP contribution in [0.5, 0.6) is 0 Å². The molecule has 1 N–H and O–H groups in total. The quantitative estimate of drug-likeness (QED) is 0.863. The highest BCUT2D eigenvalue weighted by Gasteiger charge is 2.15. The van der Waals surface area contributed by atoms with Crippen LogP contribution >= 0.6 is 0 Å². The molecule has 0 amide bonds. The van der Waals surface area contributed by atoms with Gasteiger partial charge in [0.15, 0.2) is 0 Å². The summed E-state index contributed by atoms with van der Waals surface area (Å²) in [5.41, 5.74) is 0.423. The van der Waals surface area contributed by atoms with Crippen molar-refractivity contribution in [3.63, 3.8) is 0 Å². The number of hydrogen-bond acceptors (Lipinski definition) is 2. The molecule has 0 saturated carbocycles. The van der Waals surface area contributed by atoms with E-state index >= 15 is 0 Å². The molecule has 0 aliphatic heterocycles. The van der Waals surface area contributed by atoms with E-state index in [1.54, 1.807) is 14.1 Å². The van der Waals surface area contributed by atoms with Gasteiger partial charge in [0.05, 0.1) is 5.69 Å². The smallest absolute Gasteiger partial charge is 0.303 e. The molecule has 5 heteroatoms. The number of anilines is 1. The van der Waals surface area contributed by atoms with Gasteiger partial charge in [-0.2, -0.15) is 0 Å². The number of carboxylic acid groups (broad SMARTS) is 1. The molecule has 0 aromatic heterocycles. The lowest BCUT2D eigenvalue weighted by Crippen LogP contribution is -2.15. The molecule has 0 spiro atoms. The van der Waals surface area contributed by atoms with Crippen molar-refractivity contribution < 1.29 is 18.7 Å². The average Bonchev–Trinajstić information content (AvgIpc) is 2.22. The van der Waals surface area contributed by atoms with Crippen molar-refractivity contribution in [2.24, 2.45) is 0 Å². The van der Waals surface area contributed by atoms with E-state index in [-0.39, 0.29) is 30.5 Å². The molecule has 0 unspecified atom stereocenters. The molecular formula is C12H15F2NO2. The standard InChI is InChI=1S/C12H15F2NO2/c1-15(2)12-8(4-3-5-11(16)17)9(13)6-7-10(12)14/h6-7H,3-5H2,1-2H3,(H,16,17). The molecule has 0 radical (unpaired) electrons. The van der Waals surface area contributed by atoms with Gasteiger partial charge in [-0.15, -0.1) is 0 Å². The summed E-state index contributed by atoms with van der Waals surface area (Å²) in [6, 6.07) is 2.14. The molecule has 0 bridgehead atoms. The van der Waals surface area contributed by atoms with Crippen LogP contribution < -0.4 is 4.90 Å². The van der Waals surface area contributed by atoms with Crippen molar-refractivity contribution in [3.8, 4) is 0 Å². The van der Waals surface area contributed by atoms with Gasteiger partial charge >= 0.3 is 5.97 Å². The largest absolute Gasteiger partial charge is 0.481 e. The molecule has 0 aliphatic carbocycles. The first-order valence-corrected chi connectivity index (χ1v) is 5.29. The Bertz CT molecular complexity index is 419. The van der Waals surface area contributed by atoms with E-state index in [1.807, 2.05) is 0 Å². The van der Waals surface area contributed by atoms with Crippen molar-refractivity contribution in [2.45, 2.75) is 19.3 Å². The van der Waals surface area contributed by atoms with Crippen LogP contribution in [-0.4, -0.2) is 25.2 Å². The van der Waals surface area contributed by atoms with Gasteiger partial charge < -0.3 is 10.0 Å². The van der Waals surface area contributed by atoms with Gasteiger partial charge in [0.25, 0.3) is 0 Å². The van der Waals surface area contributed by atoms with E-state index in [4.69, 9.17) is 5.11 Å². The molecule has 94 valence electrons. The fourth-order valence-electron chi connectivity index (χ4n) is 1.72. The van der Waals surface area contributed by atoms with Crippen LogP contribution in [0.4, 0.5) is 14.5 Å². The monoisotopic (exact) mass is 243 g/mol. The first kappa shape index (κ1) is 13.4. The average molecular weight is 243 g/mol. The van der Waals surface area contributed by atoms with Crippen molar-refractivity contribution in [1.82, 2.24) is 0 Å². The summed E-state index contributed by atoms with van der Waals surface area (Å²) >= 11 is 0. The number of aliphatic carboxylic acids is 1. The minimum atomic E-state index is -0.937. The third-order valence-corrected chi connectivity index (χ3v) is 2.44. The summed E-state index contributed by atoms with van der Waals surface area (Å²) in [5, 5.41) is 8.52. The second kappa shape index (κ2) is 5.61. The lowest BCUT2D eigenvalue weighted by Gasteiger charge is -2.18.